The number of hydrogen-bond acceptors (Lipinski definition) is 3. The molecular weight excluding hydrogens is 479 g/mol. The largest absolute Gasteiger partial charge is 0.493 e. The SMILES string of the molecule is CN(Cc1ccccc1)C(=O)CC1(COc2cccc(Cl)c2)CCCN(C(=O)c2ccc(F)cc2)C1. The first-order valence-electron chi connectivity index (χ1n) is 12.0. The molecule has 0 N–H and O–H groups in total. The van der Waals surface area contributed by atoms with Crippen molar-refractivity contribution in [1.29, 1.82) is 0 Å². The Morgan fingerprint density at radius 1 is 1.06 bits per heavy atom. The molecule has 1 aliphatic rings. The Bertz CT molecular complexity index is 1190. The van der Waals surface area contributed by atoms with E-state index in [2.05, 4.69) is 0 Å². The van der Waals surface area contributed by atoms with Crippen molar-refractivity contribution in [2.75, 3.05) is 26.7 Å². The van der Waals surface area contributed by atoms with Gasteiger partial charge in [0.1, 0.15) is 11.6 Å². The van der Waals surface area contributed by atoms with Crippen molar-refractivity contribution in [2.24, 2.45) is 5.41 Å². The molecule has 36 heavy (non-hydrogen) atoms. The molecule has 3 aromatic carbocycles. The van der Waals surface area contributed by atoms with Gasteiger partial charge in [-0.3, -0.25) is 9.59 Å². The number of benzene rings is 3. The van der Waals surface area contributed by atoms with Crippen molar-refractivity contribution in [3.8, 4) is 5.75 Å². The van der Waals surface area contributed by atoms with Gasteiger partial charge in [-0.25, -0.2) is 4.39 Å². The number of amides is 2. The maximum atomic E-state index is 13.4. The van der Waals surface area contributed by atoms with E-state index in [-0.39, 0.29) is 30.7 Å². The third-order valence-corrected chi connectivity index (χ3v) is 6.83. The minimum absolute atomic E-state index is 0.00960. The smallest absolute Gasteiger partial charge is 0.253 e. The van der Waals surface area contributed by atoms with Gasteiger partial charge in [0.25, 0.3) is 5.91 Å². The third-order valence-electron chi connectivity index (χ3n) is 6.60. The number of halogens is 2. The Morgan fingerprint density at radius 2 is 1.81 bits per heavy atom. The molecule has 1 aliphatic heterocycles. The second kappa shape index (κ2) is 11.6. The van der Waals surface area contributed by atoms with Gasteiger partial charge >= 0.3 is 0 Å². The molecule has 5 nitrogen and oxygen atoms in total. The first-order chi connectivity index (χ1) is 17.3. The van der Waals surface area contributed by atoms with Gasteiger partial charge in [-0.2, -0.15) is 0 Å². The van der Waals surface area contributed by atoms with Crippen LogP contribution in [0.3, 0.4) is 0 Å². The average molecular weight is 509 g/mol. The molecule has 3 aromatic rings. The van der Waals surface area contributed by atoms with Crippen LogP contribution in [0.25, 0.3) is 0 Å². The molecule has 4 rings (SSSR count). The molecule has 0 aromatic heterocycles. The van der Waals surface area contributed by atoms with Gasteiger partial charge in [-0.05, 0) is 60.9 Å². The summed E-state index contributed by atoms with van der Waals surface area (Å²) in [5.41, 5.74) is 0.906. The molecule has 1 heterocycles. The normalized spacial score (nSPS) is 17.5. The van der Waals surface area contributed by atoms with Crippen LogP contribution in [0.1, 0.15) is 35.2 Å². The van der Waals surface area contributed by atoms with Crippen LogP contribution in [-0.4, -0.2) is 48.4 Å². The van der Waals surface area contributed by atoms with Gasteiger partial charge in [0, 0.05) is 49.1 Å². The number of ether oxygens (including phenoxy) is 1. The van der Waals surface area contributed by atoms with Crippen molar-refractivity contribution in [1.82, 2.24) is 9.80 Å². The molecule has 0 bridgehead atoms. The number of carbonyl (C=O) groups excluding carboxylic acids is 2. The second-order valence-corrected chi connectivity index (χ2v) is 9.93. The number of likely N-dealkylation sites (tertiary alicyclic amines) is 1. The first kappa shape index (κ1) is 25.7. The highest BCUT2D eigenvalue weighted by Gasteiger charge is 2.40. The summed E-state index contributed by atoms with van der Waals surface area (Å²) in [4.78, 5) is 30.1. The quantitative estimate of drug-likeness (QED) is 0.384. The maximum absolute atomic E-state index is 13.4. The highest BCUT2D eigenvalue weighted by Crippen LogP contribution is 2.36. The number of rotatable bonds is 8. The maximum Gasteiger partial charge on any atom is 0.253 e. The molecule has 1 unspecified atom stereocenters. The molecule has 1 fully saturated rings. The van der Waals surface area contributed by atoms with Crippen LogP contribution in [0.4, 0.5) is 4.39 Å². The molecule has 2 amide bonds. The van der Waals surface area contributed by atoms with E-state index in [9.17, 15) is 14.0 Å². The van der Waals surface area contributed by atoms with E-state index >= 15 is 0 Å². The summed E-state index contributed by atoms with van der Waals surface area (Å²) in [6.45, 7) is 1.71. The van der Waals surface area contributed by atoms with Crippen LogP contribution < -0.4 is 4.74 Å². The summed E-state index contributed by atoms with van der Waals surface area (Å²) in [6, 6.07) is 22.6. The summed E-state index contributed by atoms with van der Waals surface area (Å²) in [5, 5.41) is 0.567. The predicted octanol–water partition coefficient (Wildman–Crippen LogP) is 5.83. The van der Waals surface area contributed by atoms with E-state index in [1.54, 1.807) is 29.0 Å². The number of nitrogens with zero attached hydrogens (tertiary/aromatic N) is 2. The fraction of sp³-hybridized carbons (Fsp3) is 0.310. The van der Waals surface area contributed by atoms with Gasteiger partial charge in [-0.15, -0.1) is 0 Å². The molecule has 0 saturated carbocycles. The molecule has 0 aliphatic carbocycles. The fourth-order valence-corrected chi connectivity index (χ4v) is 4.84. The van der Waals surface area contributed by atoms with Gasteiger partial charge in [0.15, 0.2) is 0 Å². The lowest BCUT2D eigenvalue weighted by Crippen LogP contribution is -2.50. The standard InChI is InChI=1S/C29H30ClFN2O3/c1-32(19-22-7-3-2-4-8-22)27(34)18-29(21-36-26-10-5-9-24(30)17-26)15-6-16-33(20-29)28(35)23-11-13-25(31)14-12-23/h2-5,7-14,17H,6,15-16,18-21H2,1H3. The van der Waals surface area contributed by atoms with Crippen LogP contribution >= 0.6 is 11.6 Å². The molecular formula is C29H30ClFN2O3. The number of carbonyl (C=O) groups is 2. The van der Waals surface area contributed by atoms with Crippen LogP contribution in [0.15, 0.2) is 78.9 Å². The van der Waals surface area contributed by atoms with Crippen molar-refractivity contribution in [3.05, 3.63) is 101 Å². The summed E-state index contributed by atoms with van der Waals surface area (Å²) < 4.78 is 19.5. The summed E-state index contributed by atoms with van der Waals surface area (Å²) in [7, 11) is 1.80. The predicted molar refractivity (Wildman–Crippen MR) is 138 cm³/mol. The van der Waals surface area contributed by atoms with Crippen LogP contribution in [-0.2, 0) is 11.3 Å². The first-order valence-corrected chi connectivity index (χ1v) is 12.4. The molecule has 7 heteroatoms. The minimum atomic E-state index is -0.571. The Morgan fingerprint density at radius 3 is 2.53 bits per heavy atom. The zero-order chi connectivity index (χ0) is 25.5. The van der Waals surface area contributed by atoms with Crippen molar-refractivity contribution in [3.63, 3.8) is 0 Å². The van der Waals surface area contributed by atoms with Crippen LogP contribution in [0.5, 0.6) is 5.75 Å². The molecule has 0 spiro atoms. The van der Waals surface area contributed by atoms with Crippen molar-refractivity contribution in [2.45, 2.75) is 25.8 Å². The van der Waals surface area contributed by atoms with Crippen molar-refractivity contribution < 1.29 is 18.7 Å². The van der Waals surface area contributed by atoms with E-state index in [1.165, 1.54) is 24.3 Å². The zero-order valence-electron chi connectivity index (χ0n) is 20.3. The molecule has 1 atom stereocenters. The Balaban J connectivity index is 1.53. The number of piperidine rings is 1. The minimum Gasteiger partial charge on any atom is -0.493 e. The summed E-state index contributed by atoms with van der Waals surface area (Å²) >= 11 is 6.13. The molecule has 1 saturated heterocycles. The monoisotopic (exact) mass is 508 g/mol. The highest BCUT2D eigenvalue weighted by molar-refractivity contribution is 6.30. The topological polar surface area (TPSA) is 49.9 Å². The summed E-state index contributed by atoms with van der Waals surface area (Å²) in [6.07, 6.45) is 1.72. The van der Waals surface area contributed by atoms with Crippen LogP contribution in [0, 0.1) is 11.2 Å². The highest BCUT2D eigenvalue weighted by atomic mass is 35.5. The van der Waals surface area contributed by atoms with Gasteiger partial charge < -0.3 is 14.5 Å². The lowest BCUT2D eigenvalue weighted by atomic mass is 9.77. The molecule has 188 valence electrons. The van der Waals surface area contributed by atoms with Crippen molar-refractivity contribution >= 4 is 23.4 Å². The van der Waals surface area contributed by atoms with Gasteiger partial charge in [0.2, 0.25) is 5.91 Å². The van der Waals surface area contributed by atoms with E-state index in [0.29, 0.717) is 36.0 Å². The van der Waals surface area contributed by atoms with Gasteiger partial charge in [0.05, 0.1) is 6.61 Å². The van der Waals surface area contributed by atoms with Gasteiger partial charge in [-0.1, -0.05) is 48.0 Å². The third kappa shape index (κ3) is 6.64. The lowest BCUT2D eigenvalue weighted by Gasteiger charge is -2.43. The van der Waals surface area contributed by atoms with E-state index < -0.39 is 5.41 Å². The van der Waals surface area contributed by atoms with Crippen LogP contribution in [0.2, 0.25) is 5.02 Å². The number of hydrogen-bond donors (Lipinski definition) is 0. The average Bonchev–Trinajstić information content (AvgIpc) is 2.88. The lowest BCUT2D eigenvalue weighted by molar-refractivity contribution is -0.134. The fourth-order valence-electron chi connectivity index (χ4n) is 4.66. The Labute approximate surface area is 216 Å². The van der Waals surface area contributed by atoms with E-state index in [0.717, 1.165) is 18.4 Å². The second-order valence-electron chi connectivity index (χ2n) is 9.50. The zero-order valence-corrected chi connectivity index (χ0v) is 21.1. The Hall–Kier alpha value is -3.38. The Kier molecular flexibility index (Phi) is 8.26. The molecule has 0 radical (unpaired) electrons. The van der Waals surface area contributed by atoms with E-state index in [1.807, 2.05) is 42.5 Å². The van der Waals surface area contributed by atoms with E-state index in [4.69, 9.17) is 16.3 Å². The summed E-state index contributed by atoms with van der Waals surface area (Å²) in [5.74, 6) is 0.0482.